The van der Waals surface area contributed by atoms with Gasteiger partial charge in [-0.3, -0.25) is 14.2 Å². The van der Waals surface area contributed by atoms with Crippen LogP contribution in [0.4, 0.5) is 0 Å². The SMILES string of the molecule is C=CCn1c(SCC(=O)N2C[C@H](C)C[C@H](C)C2)nc2ccc(Cl)cc2c1=O. The van der Waals surface area contributed by atoms with E-state index < -0.39 is 0 Å². The normalized spacial score (nSPS) is 20.0. The Morgan fingerprint density at radius 2 is 2.07 bits per heavy atom. The summed E-state index contributed by atoms with van der Waals surface area (Å²) in [6.07, 6.45) is 2.81. The Labute approximate surface area is 168 Å². The summed E-state index contributed by atoms with van der Waals surface area (Å²) >= 11 is 7.32. The lowest BCUT2D eigenvalue weighted by molar-refractivity contribution is -0.130. The fourth-order valence-electron chi connectivity index (χ4n) is 3.66. The van der Waals surface area contributed by atoms with Gasteiger partial charge in [-0.2, -0.15) is 0 Å². The van der Waals surface area contributed by atoms with Crippen molar-refractivity contribution in [2.24, 2.45) is 11.8 Å². The number of hydrogen-bond donors (Lipinski definition) is 0. The molecule has 0 radical (unpaired) electrons. The first-order valence-electron chi connectivity index (χ1n) is 9.10. The van der Waals surface area contributed by atoms with Gasteiger partial charge in [-0.15, -0.1) is 6.58 Å². The van der Waals surface area contributed by atoms with E-state index in [-0.39, 0.29) is 17.2 Å². The summed E-state index contributed by atoms with van der Waals surface area (Å²) in [5, 5.41) is 1.50. The van der Waals surface area contributed by atoms with Crippen LogP contribution < -0.4 is 5.56 Å². The first-order valence-corrected chi connectivity index (χ1v) is 10.5. The van der Waals surface area contributed by atoms with Crippen LogP contribution in [0.25, 0.3) is 10.9 Å². The first kappa shape index (κ1) is 20.0. The molecule has 5 nitrogen and oxygen atoms in total. The molecular weight excluding hydrogens is 382 g/mol. The van der Waals surface area contributed by atoms with Crippen molar-refractivity contribution < 1.29 is 4.79 Å². The zero-order valence-electron chi connectivity index (χ0n) is 15.7. The van der Waals surface area contributed by atoms with Crippen molar-refractivity contribution in [3.05, 3.63) is 46.2 Å². The molecule has 1 saturated heterocycles. The van der Waals surface area contributed by atoms with Gasteiger partial charge in [-0.1, -0.05) is 43.3 Å². The molecule has 1 fully saturated rings. The lowest BCUT2D eigenvalue weighted by Gasteiger charge is -2.35. The van der Waals surface area contributed by atoms with Crippen molar-refractivity contribution in [3.63, 3.8) is 0 Å². The average molecular weight is 406 g/mol. The summed E-state index contributed by atoms with van der Waals surface area (Å²) in [4.78, 5) is 32.0. The number of benzene rings is 1. The highest BCUT2D eigenvalue weighted by atomic mass is 35.5. The lowest BCUT2D eigenvalue weighted by atomic mass is 9.92. The van der Waals surface area contributed by atoms with E-state index >= 15 is 0 Å². The highest BCUT2D eigenvalue weighted by Crippen LogP contribution is 2.24. The number of allylic oxidation sites excluding steroid dienone is 1. The number of carbonyl (C=O) groups is 1. The van der Waals surface area contributed by atoms with E-state index in [9.17, 15) is 9.59 Å². The van der Waals surface area contributed by atoms with Crippen molar-refractivity contribution in [1.82, 2.24) is 14.5 Å². The van der Waals surface area contributed by atoms with E-state index in [0.717, 1.165) is 19.5 Å². The molecule has 3 rings (SSSR count). The van der Waals surface area contributed by atoms with Gasteiger partial charge >= 0.3 is 0 Å². The molecule has 0 N–H and O–H groups in total. The molecule has 1 aromatic heterocycles. The predicted molar refractivity (Wildman–Crippen MR) is 111 cm³/mol. The molecule has 0 unspecified atom stereocenters. The number of thioether (sulfide) groups is 1. The zero-order valence-corrected chi connectivity index (χ0v) is 17.2. The van der Waals surface area contributed by atoms with Gasteiger partial charge in [-0.05, 0) is 36.5 Å². The molecule has 2 heterocycles. The molecule has 27 heavy (non-hydrogen) atoms. The Kier molecular flexibility index (Phi) is 6.27. The number of carbonyl (C=O) groups excluding carboxylic acids is 1. The Hall–Kier alpha value is -1.79. The second-order valence-corrected chi connectivity index (χ2v) is 8.67. The number of fused-ring (bicyclic) bond motifs is 1. The van der Waals surface area contributed by atoms with Crippen molar-refractivity contribution >= 4 is 40.2 Å². The van der Waals surface area contributed by atoms with E-state index in [0.29, 0.717) is 39.5 Å². The van der Waals surface area contributed by atoms with Crippen LogP contribution in [0.15, 0.2) is 40.8 Å². The highest BCUT2D eigenvalue weighted by Gasteiger charge is 2.25. The Morgan fingerprint density at radius 3 is 2.74 bits per heavy atom. The van der Waals surface area contributed by atoms with E-state index in [1.165, 1.54) is 11.8 Å². The second kappa shape index (κ2) is 8.48. The molecule has 0 bridgehead atoms. The monoisotopic (exact) mass is 405 g/mol. The van der Waals surface area contributed by atoms with E-state index in [2.05, 4.69) is 25.4 Å². The number of rotatable bonds is 5. The minimum Gasteiger partial charge on any atom is -0.341 e. The van der Waals surface area contributed by atoms with Crippen LogP contribution in [0.3, 0.4) is 0 Å². The van der Waals surface area contributed by atoms with Crippen LogP contribution >= 0.6 is 23.4 Å². The fourth-order valence-corrected chi connectivity index (χ4v) is 4.74. The second-order valence-electron chi connectivity index (χ2n) is 7.29. The van der Waals surface area contributed by atoms with Crippen LogP contribution in [0, 0.1) is 11.8 Å². The molecule has 0 saturated carbocycles. The van der Waals surface area contributed by atoms with Gasteiger partial charge < -0.3 is 4.90 Å². The third kappa shape index (κ3) is 4.55. The minimum absolute atomic E-state index is 0.0917. The summed E-state index contributed by atoms with van der Waals surface area (Å²) in [5.74, 6) is 1.40. The fraction of sp³-hybridized carbons (Fsp3) is 0.450. The summed E-state index contributed by atoms with van der Waals surface area (Å²) in [5.41, 5.74) is 0.414. The topological polar surface area (TPSA) is 55.2 Å². The van der Waals surface area contributed by atoms with Gasteiger partial charge in [0.2, 0.25) is 5.91 Å². The zero-order chi connectivity index (χ0) is 19.6. The largest absolute Gasteiger partial charge is 0.341 e. The number of amides is 1. The van der Waals surface area contributed by atoms with Gasteiger partial charge in [0.25, 0.3) is 5.56 Å². The molecule has 144 valence electrons. The van der Waals surface area contributed by atoms with Gasteiger partial charge in [0.05, 0.1) is 16.7 Å². The average Bonchev–Trinajstić information content (AvgIpc) is 2.62. The maximum Gasteiger partial charge on any atom is 0.262 e. The molecule has 7 heteroatoms. The summed E-state index contributed by atoms with van der Waals surface area (Å²) in [6.45, 7) is 10.0. The Morgan fingerprint density at radius 1 is 1.37 bits per heavy atom. The molecule has 0 aliphatic carbocycles. The van der Waals surface area contributed by atoms with Crippen LogP contribution in [0.1, 0.15) is 20.3 Å². The molecule has 1 amide bonds. The van der Waals surface area contributed by atoms with Gasteiger partial charge in [0.1, 0.15) is 0 Å². The number of likely N-dealkylation sites (tertiary alicyclic amines) is 1. The van der Waals surface area contributed by atoms with Crippen molar-refractivity contribution in [2.45, 2.75) is 32.0 Å². The lowest BCUT2D eigenvalue weighted by Crippen LogP contribution is -2.43. The van der Waals surface area contributed by atoms with Gasteiger partial charge in [0, 0.05) is 24.7 Å². The molecular formula is C20H24ClN3O2S. The van der Waals surface area contributed by atoms with Crippen LogP contribution in [0.2, 0.25) is 5.02 Å². The van der Waals surface area contributed by atoms with E-state index in [1.807, 2.05) is 4.90 Å². The molecule has 1 aliphatic rings. The van der Waals surface area contributed by atoms with Gasteiger partial charge in [-0.25, -0.2) is 4.98 Å². The molecule has 2 atom stereocenters. The molecule has 2 aromatic rings. The predicted octanol–water partition coefficient (Wildman–Crippen LogP) is 3.83. The van der Waals surface area contributed by atoms with Crippen molar-refractivity contribution in [1.29, 1.82) is 0 Å². The summed E-state index contributed by atoms with van der Waals surface area (Å²) < 4.78 is 1.55. The summed E-state index contributed by atoms with van der Waals surface area (Å²) in [6, 6.07) is 5.07. The van der Waals surface area contributed by atoms with Crippen LogP contribution in [-0.2, 0) is 11.3 Å². The number of aromatic nitrogens is 2. The van der Waals surface area contributed by atoms with Crippen molar-refractivity contribution in [3.8, 4) is 0 Å². The van der Waals surface area contributed by atoms with E-state index in [4.69, 9.17) is 11.6 Å². The highest BCUT2D eigenvalue weighted by molar-refractivity contribution is 7.99. The standard InChI is InChI=1S/C20H24ClN3O2S/c1-4-7-24-19(26)16-9-15(21)5-6-17(16)22-20(24)27-12-18(25)23-10-13(2)8-14(3)11-23/h4-6,9,13-14H,1,7-8,10-12H2,2-3H3/t13-,14+. The van der Waals surface area contributed by atoms with Gasteiger partial charge in [0.15, 0.2) is 5.16 Å². The third-order valence-electron chi connectivity index (χ3n) is 4.74. The van der Waals surface area contributed by atoms with Crippen LogP contribution in [-0.4, -0.2) is 39.2 Å². The molecule has 0 spiro atoms. The summed E-state index contributed by atoms with van der Waals surface area (Å²) in [7, 11) is 0. The number of halogens is 1. The smallest absolute Gasteiger partial charge is 0.262 e. The Balaban J connectivity index is 1.84. The Bertz CT molecular complexity index is 917. The van der Waals surface area contributed by atoms with Crippen LogP contribution in [0.5, 0.6) is 0 Å². The number of nitrogens with zero attached hydrogens (tertiary/aromatic N) is 3. The van der Waals surface area contributed by atoms with E-state index in [1.54, 1.807) is 28.8 Å². The minimum atomic E-state index is -0.169. The number of piperidine rings is 1. The maximum absolute atomic E-state index is 12.8. The first-order chi connectivity index (χ1) is 12.9. The number of hydrogen-bond acceptors (Lipinski definition) is 4. The third-order valence-corrected chi connectivity index (χ3v) is 5.94. The molecule has 1 aliphatic heterocycles. The quantitative estimate of drug-likeness (QED) is 0.431. The molecule has 1 aromatic carbocycles. The maximum atomic E-state index is 12.8. The van der Waals surface area contributed by atoms with Crippen molar-refractivity contribution in [2.75, 3.05) is 18.8 Å².